The van der Waals surface area contributed by atoms with Crippen molar-refractivity contribution in [2.75, 3.05) is 19.3 Å². The lowest BCUT2D eigenvalue weighted by molar-refractivity contribution is -0.125. The van der Waals surface area contributed by atoms with Gasteiger partial charge in [-0.25, -0.2) is 0 Å². The average Bonchev–Trinajstić information content (AvgIpc) is 3.00. The summed E-state index contributed by atoms with van der Waals surface area (Å²) in [5.74, 6) is 1.49. The fourth-order valence-corrected chi connectivity index (χ4v) is 4.54. The molecule has 0 bridgehead atoms. The van der Waals surface area contributed by atoms with Crippen molar-refractivity contribution in [1.29, 1.82) is 0 Å². The number of thioether (sulfide) groups is 1. The van der Waals surface area contributed by atoms with E-state index in [2.05, 4.69) is 16.0 Å². The van der Waals surface area contributed by atoms with Crippen LogP contribution in [0.1, 0.15) is 32.1 Å². The Hall–Kier alpha value is -1.24. The average molecular weight is 313 g/mol. The predicted octanol–water partition coefficient (Wildman–Crippen LogP) is 0.0291. The van der Waals surface area contributed by atoms with Crippen LogP contribution in [0.5, 0.6) is 0 Å². The molecule has 2 fully saturated rings. The lowest BCUT2D eigenvalue weighted by Crippen LogP contribution is -2.35. The van der Waals surface area contributed by atoms with Crippen molar-refractivity contribution < 1.29 is 14.4 Å². The summed E-state index contributed by atoms with van der Waals surface area (Å²) in [5, 5.41) is 8.62. The van der Waals surface area contributed by atoms with Crippen molar-refractivity contribution in [3.05, 3.63) is 0 Å². The molecular weight excluding hydrogens is 290 g/mol. The summed E-state index contributed by atoms with van der Waals surface area (Å²) >= 11 is 1.94. The van der Waals surface area contributed by atoms with Gasteiger partial charge >= 0.3 is 0 Å². The number of hydrogen-bond acceptors (Lipinski definition) is 4. The van der Waals surface area contributed by atoms with Crippen molar-refractivity contribution in [2.45, 2.75) is 43.4 Å². The van der Waals surface area contributed by atoms with E-state index < -0.39 is 0 Å². The number of likely N-dealkylation sites (N-methyl/N-ethyl adjacent to an activating group) is 1. The Morgan fingerprint density at radius 3 is 2.90 bits per heavy atom. The zero-order chi connectivity index (χ0) is 15.2. The predicted molar refractivity (Wildman–Crippen MR) is 81.8 cm³/mol. The summed E-state index contributed by atoms with van der Waals surface area (Å²) in [6.45, 7) is 0.0452. The molecule has 0 spiro atoms. The van der Waals surface area contributed by atoms with E-state index in [1.807, 2.05) is 11.8 Å². The minimum absolute atomic E-state index is 0.0452. The van der Waals surface area contributed by atoms with Gasteiger partial charge in [-0.2, -0.15) is 11.8 Å². The Morgan fingerprint density at radius 1 is 1.33 bits per heavy atom. The first kappa shape index (κ1) is 16.1. The molecule has 3 N–H and O–H groups in total. The Labute approximate surface area is 129 Å². The number of nitrogens with one attached hydrogen (secondary N) is 3. The zero-order valence-electron chi connectivity index (χ0n) is 12.3. The fourth-order valence-electron chi connectivity index (χ4n) is 2.89. The molecule has 21 heavy (non-hydrogen) atoms. The molecule has 3 unspecified atom stereocenters. The van der Waals surface area contributed by atoms with Crippen molar-refractivity contribution in [2.24, 2.45) is 5.92 Å². The molecule has 118 valence electrons. The molecule has 2 rings (SSSR count). The number of amides is 3. The van der Waals surface area contributed by atoms with Crippen LogP contribution in [-0.2, 0) is 14.4 Å². The maximum atomic E-state index is 11.5. The van der Waals surface area contributed by atoms with E-state index in [4.69, 9.17) is 0 Å². The zero-order valence-corrected chi connectivity index (χ0v) is 13.1. The highest BCUT2D eigenvalue weighted by molar-refractivity contribution is 8.00. The Kier molecular flexibility index (Phi) is 5.90. The summed E-state index contributed by atoms with van der Waals surface area (Å²) < 4.78 is 0. The van der Waals surface area contributed by atoms with Gasteiger partial charge in [-0.05, 0) is 24.5 Å². The van der Waals surface area contributed by atoms with Crippen LogP contribution in [0.15, 0.2) is 0 Å². The molecule has 0 aromatic heterocycles. The summed E-state index contributed by atoms with van der Waals surface area (Å²) in [6, 6.07) is 0.338. The Balaban J connectivity index is 1.57. The van der Waals surface area contributed by atoms with Gasteiger partial charge in [0.25, 0.3) is 0 Å². The van der Waals surface area contributed by atoms with Gasteiger partial charge in [0.2, 0.25) is 17.7 Å². The van der Waals surface area contributed by atoms with E-state index in [-0.39, 0.29) is 24.3 Å². The number of rotatable bonds is 7. The molecule has 0 aromatic carbocycles. The van der Waals surface area contributed by atoms with Crippen LogP contribution in [0.3, 0.4) is 0 Å². The second-order valence-electron chi connectivity index (χ2n) is 5.62. The van der Waals surface area contributed by atoms with Gasteiger partial charge in [-0.3, -0.25) is 14.4 Å². The number of carbonyl (C=O) groups excluding carboxylic acids is 3. The lowest BCUT2D eigenvalue weighted by atomic mass is 9.97. The molecule has 2 aliphatic rings. The molecule has 6 nitrogen and oxygen atoms in total. The van der Waals surface area contributed by atoms with Gasteiger partial charge in [0.15, 0.2) is 0 Å². The highest BCUT2D eigenvalue weighted by atomic mass is 32.2. The van der Waals surface area contributed by atoms with E-state index in [0.717, 1.165) is 25.0 Å². The normalized spacial score (nSPS) is 27.1. The maximum absolute atomic E-state index is 11.5. The maximum Gasteiger partial charge on any atom is 0.239 e. The number of carbonyl (C=O) groups is 3. The molecule has 0 saturated carbocycles. The number of fused-ring (bicyclic) bond motifs is 1. The largest absolute Gasteiger partial charge is 0.358 e. The van der Waals surface area contributed by atoms with Crippen molar-refractivity contribution in [3.63, 3.8) is 0 Å². The molecule has 3 amide bonds. The minimum atomic E-state index is -0.186. The Morgan fingerprint density at radius 2 is 2.14 bits per heavy atom. The second kappa shape index (κ2) is 7.68. The van der Waals surface area contributed by atoms with E-state index in [9.17, 15) is 14.4 Å². The molecule has 2 aliphatic heterocycles. The molecule has 0 radical (unpaired) electrons. The second-order valence-corrected chi connectivity index (χ2v) is 6.90. The van der Waals surface area contributed by atoms with Crippen molar-refractivity contribution in [3.8, 4) is 0 Å². The number of hydrogen-bond donors (Lipinski definition) is 3. The van der Waals surface area contributed by atoms with Gasteiger partial charge < -0.3 is 16.0 Å². The standard InChI is InChI=1S/C14H23N3O3S/c1-15-13(20)7-16-11(18)5-3-2-4-10-14-9(8-21-10)6-12(19)17-14/h9-10,14H,2-8H2,1H3,(H,15,20)(H,16,18)(H,17,19). The lowest BCUT2D eigenvalue weighted by Gasteiger charge is -2.17. The Bertz CT molecular complexity index is 416. The van der Waals surface area contributed by atoms with Crippen molar-refractivity contribution in [1.82, 2.24) is 16.0 Å². The van der Waals surface area contributed by atoms with Gasteiger partial charge in [-0.1, -0.05) is 6.42 Å². The van der Waals surface area contributed by atoms with Gasteiger partial charge in [0.05, 0.1) is 6.54 Å². The molecular formula is C14H23N3O3S. The monoisotopic (exact) mass is 313 g/mol. The SMILES string of the molecule is CNC(=O)CNC(=O)CCCCC1SCC2CC(=O)NC21. The van der Waals surface area contributed by atoms with Crippen LogP contribution >= 0.6 is 11.8 Å². The minimum Gasteiger partial charge on any atom is -0.358 e. The molecule has 2 saturated heterocycles. The van der Waals surface area contributed by atoms with Gasteiger partial charge in [-0.15, -0.1) is 0 Å². The molecule has 3 atom stereocenters. The molecule has 0 aliphatic carbocycles. The first-order valence-electron chi connectivity index (χ1n) is 7.48. The van der Waals surface area contributed by atoms with E-state index in [1.165, 1.54) is 0 Å². The molecule has 2 heterocycles. The van der Waals surface area contributed by atoms with Crippen LogP contribution in [0, 0.1) is 5.92 Å². The quantitative estimate of drug-likeness (QED) is 0.579. The third-order valence-corrected chi connectivity index (χ3v) is 5.65. The van der Waals surface area contributed by atoms with Crippen LogP contribution in [0.4, 0.5) is 0 Å². The topological polar surface area (TPSA) is 87.3 Å². The van der Waals surface area contributed by atoms with E-state index in [0.29, 0.717) is 30.1 Å². The summed E-state index contributed by atoms with van der Waals surface area (Å²) in [7, 11) is 1.54. The summed E-state index contributed by atoms with van der Waals surface area (Å²) in [5.41, 5.74) is 0. The van der Waals surface area contributed by atoms with E-state index >= 15 is 0 Å². The fraction of sp³-hybridized carbons (Fsp3) is 0.786. The third kappa shape index (κ3) is 4.62. The van der Waals surface area contributed by atoms with E-state index in [1.54, 1.807) is 7.05 Å². The first-order valence-corrected chi connectivity index (χ1v) is 8.53. The highest BCUT2D eigenvalue weighted by Crippen LogP contribution is 2.39. The van der Waals surface area contributed by atoms with Gasteiger partial charge in [0, 0.05) is 31.2 Å². The van der Waals surface area contributed by atoms with Crippen LogP contribution in [0.2, 0.25) is 0 Å². The third-order valence-electron chi connectivity index (χ3n) is 4.08. The smallest absolute Gasteiger partial charge is 0.239 e. The van der Waals surface area contributed by atoms with Crippen LogP contribution < -0.4 is 16.0 Å². The summed E-state index contributed by atoms with van der Waals surface area (Å²) in [6.07, 6.45) is 3.96. The number of unbranched alkanes of at least 4 members (excludes halogenated alkanes) is 1. The molecule has 0 aromatic rings. The first-order chi connectivity index (χ1) is 10.1. The molecule has 7 heteroatoms. The highest BCUT2D eigenvalue weighted by Gasteiger charge is 2.42. The van der Waals surface area contributed by atoms with Crippen LogP contribution in [-0.4, -0.2) is 48.4 Å². The summed E-state index contributed by atoms with van der Waals surface area (Å²) in [4.78, 5) is 33.9. The van der Waals surface area contributed by atoms with Gasteiger partial charge in [0.1, 0.15) is 0 Å². The van der Waals surface area contributed by atoms with Crippen molar-refractivity contribution >= 4 is 29.5 Å². The van der Waals surface area contributed by atoms with Crippen LogP contribution in [0.25, 0.3) is 0 Å².